The third kappa shape index (κ3) is 2.99. The van der Waals surface area contributed by atoms with E-state index < -0.39 is 5.60 Å². The zero-order valence-electron chi connectivity index (χ0n) is 13.4. The van der Waals surface area contributed by atoms with E-state index in [-0.39, 0.29) is 6.09 Å². The summed E-state index contributed by atoms with van der Waals surface area (Å²) in [6.45, 7) is 7.24. The fraction of sp³-hybridized carbons (Fsp3) is 0.588. The molecule has 2 fully saturated rings. The molecule has 0 aromatic carbocycles. The molecular formula is C17H24N2O2. The van der Waals surface area contributed by atoms with E-state index in [1.54, 1.807) is 4.90 Å². The van der Waals surface area contributed by atoms with Gasteiger partial charge >= 0.3 is 6.09 Å². The highest BCUT2D eigenvalue weighted by Gasteiger charge is 2.33. The molecule has 0 aromatic heterocycles. The summed E-state index contributed by atoms with van der Waals surface area (Å²) in [7, 11) is 2.08. The number of carbonyl (C=O) groups is 1. The highest BCUT2D eigenvalue weighted by Crippen LogP contribution is 2.39. The number of nitrogens with zero attached hydrogens (tertiary/aromatic N) is 2. The smallest absolute Gasteiger partial charge is 0.414 e. The molecule has 1 amide bonds. The molecule has 0 unspecified atom stereocenters. The third-order valence-corrected chi connectivity index (χ3v) is 4.02. The Morgan fingerprint density at radius 3 is 2.52 bits per heavy atom. The lowest BCUT2D eigenvalue weighted by Gasteiger charge is -2.40. The van der Waals surface area contributed by atoms with E-state index in [2.05, 4.69) is 24.1 Å². The van der Waals surface area contributed by atoms with Crippen LogP contribution in [0.25, 0.3) is 0 Å². The van der Waals surface area contributed by atoms with E-state index in [9.17, 15) is 4.79 Å². The van der Waals surface area contributed by atoms with Gasteiger partial charge in [0.15, 0.2) is 0 Å². The predicted molar refractivity (Wildman–Crippen MR) is 82.6 cm³/mol. The van der Waals surface area contributed by atoms with Gasteiger partial charge in [-0.25, -0.2) is 4.79 Å². The van der Waals surface area contributed by atoms with Crippen molar-refractivity contribution >= 4 is 6.09 Å². The standard InChI is InChI=1S/C17H24N2O2/c1-17(2,3)21-16(20)19-10-9-18(4)14-8-7-13(11-15(14)19)12-5-6-12/h8,11H,5-7,9-10H2,1-4H3. The summed E-state index contributed by atoms with van der Waals surface area (Å²) in [5.74, 6) is 0. The van der Waals surface area contributed by atoms with Gasteiger partial charge in [-0.05, 0) is 51.7 Å². The first-order valence-electron chi connectivity index (χ1n) is 7.70. The van der Waals surface area contributed by atoms with Gasteiger partial charge in [-0.3, -0.25) is 4.90 Å². The maximum absolute atomic E-state index is 12.5. The summed E-state index contributed by atoms with van der Waals surface area (Å²) < 4.78 is 5.56. The fourth-order valence-electron chi connectivity index (χ4n) is 2.80. The van der Waals surface area contributed by atoms with Gasteiger partial charge in [0.25, 0.3) is 0 Å². The minimum absolute atomic E-state index is 0.241. The number of allylic oxidation sites excluding steroid dienone is 4. The van der Waals surface area contributed by atoms with Gasteiger partial charge in [-0.2, -0.15) is 0 Å². The number of rotatable bonds is 0. The van der Waals surface area contributed by atoms with Crippen molar-refractivity contribution < 1.29 is 9.53 Å². The summed E-state index contributed by atoms with van der Waals surface area (Å²) in [4.78, 5) is 16.5. The average molecular weight is 288 g/mol. The van der Waals surface area contributed by atoms with Gasteiger partial charge in [0, 0.05) is 20.1 Å². The van der Waals surface area contributed by atoms with Gasteiger partial charge in [0.2, 0.25) is 0 Å². The van der Waals surface area contributed by atoms with Crippen LogP contribution in [0.4, 0.5) is 4.79 Å². The Hall–Kier alpha value is -1.71. The number of piperazine rings is 1. The van der Waals surface area contributed by atoms with Crippen LogP contribution >= 0.6 is 0 Å². The van der Waals surface area contributed by atoms with Crippen molar-refractivity contribution in [3.63, 3.8) is 0 Å². The number of hydrogen-bond acceptors (Lipinski definition) is 3. The number of hydrogen-bond donors (Lipinski definition) is 0. The summed E-state index contributed by atoms with van der Waals surface area (Å²) in [5.41, 5.74) is 4.61. The minimum Gasteiger partial charge on any atom is -0.443 e. The first-order valence-corrected chi connectivity index (χ1v) is 7.70. The lowest BCUT2D eigenvalue weighted by Crippen LogP contribution is -2.46. The van der Waals surface area contributed by atoms with Gasteiger partial charge in [-0.15, -0.1) is 0 Å². The predicted octanol–water partition coefficient (Wildman–Crippen LogP) is 3.43. The van der Waals surface area contributed by atoms with E-state index in [1.165, 1.54) is 24.0 Å². The van der Waals surface area contributed by atoms with Crippen molar-refractivity contribution in [2.24, 2.45) is 0 Å². The lowest BCUT2D eigenvalue weighted by atomic mass is 9.99. The molecule has 0 radical (unpaired) electrons. The largest absolute Gasteiger partial charge is 0.443 e. The van der Waals surface area contributed by atoms with Crippen LogP contribution in [-0.2, 0) is 4.74 Å². The van der Waals surface area contributed by atoms with Crippen LogP contribution in [0.1, 0.15) is 40.0 Å². The number of carbonyl (C=O) groups excluding carboxylic acids is 1. The highest BCUT2D eigenvalue weighted by atomic mass is 16.6. The second-order valence-electron chi connectivity index (χ2n) is 7.01. The van der Waals surface area contributed by atoms with Crippen molar-refractivity contribution in [2.45, 2.75) is 45.6 Å². The number of ether oxygens (including phenoxy) is 1. The van der Waals surface area contributed by atoms with Crippen LogP contribution in [-0.4, -0.2) is 41.6 Å². The van der Waals surface area contributed by atoms with Gasteiger partial charge < -0.3 is 9.64 Å². The van der Waals surface area contributed by atoms with Crippen LogP contribution in [0.2, 0.25) is 0 Å². The molecule has 3 rings (SSSR count). The van der Waals surface area contributed by atoms with Gasteiger partial charge in [0.05, 0.1) is 11.4 Å². The summed E-state index contributed by atoms with van der Waals surface area (Å²) in [5, 5.41) is 0. The molecule has 1 saturated carbocycles. The molecule has 2 aliphatic carbocycles. The molecule has 0 bridgehead atoms. The Bertz CT molecular complexity index is 558. The highest BCUT2D eigenvalue weighted by molar-refractivity contribution is 5.73. The van der Waals surface area contributed by atoms with E-state index >= 15 is 0 Å². The van der Waals surface area contributed by atoms with Crippen molar-refractivity contribution in [1.29, 1.82) is 0 Å². The first kappa shape index (κ1) is 14.2. The van der Waals surface area contributed by atoms with E-state index in [4.69, 9.17) is 4.74 Å². The Kier molecular flexibility index (Phi) is 3.34. The minimum atomic E-state index is -0.461. The molecule has 0 atom stereocenters. The lowest BCUT2D eigenvalue weighted by molar-refractivity contribution is 0.0278. The molecule has 114 valence electrons. The Morgan fingerprint density at radius 2 is 1.90 bits per heavy atom. The molecule has 4 nitrogen and oxygen atoms in total. The van der Waals surface area contributed by atoms with Crippen molar-refractivity contribution in [3.05, 3.63) is 34.7 Å². The molecular weight excluding hydrogens is 264 g/mol. The molecule has 3 aliphatic rings. The van der Waals surface area contributed by atoms with Gasteiger partial charge in [-0.1, -0.05) is 11.6 Å². The van der Waals surface area contributed by atoms with Gasteiger partial charge in [0.1, 0.15) is 5.60 Å². The number of amides is 1. The number of fused-ring (bicyclic) bond motifs is 1. The molecule has 0 N–H and O–H groups in total. The molecule has 21 heavy (non-hydrogen) atoms. The summed E-state index contributed by atoms with van der Waals surface area (Å²) in [6, 6.07) is 0. The summed E-state index contributed by atoms with van der Waals surface area (Å²) >= 11 is 0. The Morgan fingerprint density at radius 1 is 1.19 bits per heavy atom. The SMILES string of the molecule is CN1CCN(C(=O)OC(C)(C)C)C2=CC(=C3CC3)CC=C21. The maximum Gasteiger partial charge on any atom is 0.414 e. The van der Waals surface area contributed by atoms with Crippen molar-refractivity contribution in [1.82, 2.24) is 9.80 Å². The van der Waals surface area contributed by atoms with Crippen molar-refractivity contribution in [2.75, 3.05) is 20.1 Å². The van der Waals surface area contributed by atoms with Crippen LogP contribution in [0, 0.1) is 0 Å². The monoisotopic (exact) mass is 288 g/mol. The Labute approximate surface area is 126 Å². The third-order valence-electron chi connectivity index (χ3n) is 4.02. The Balaban J connectivity index is 1.89. The van der Waals surface area contributed by atoms with E-state index in [0.717, 1.165) is 24.4 Å². The van der Waals surface area contributed by atoms with Crippen molar-refractivity contribution in [3.8, 4) is 0 Å². The fourth-order valence-corrected chi connectivity index (χ4v) is 2.80. The molecule has 4 heteroatoms. The first-order chi connectivity index (χ1) is 9.85. The molecule has 1 saturated heterocycles. The van der Waals surface area contributed by atoms with Crippen LogP contribution in [0.15, 0.2) is 34.7 Å². The second-order valence-corrected chi connectivity index (χ2v) is 7.01. The topological polar surface area (TPSA) is 32.8 Å². The zero-order chi connectivity index (χ0) is 15.2. The number of likely N-dealkylation sites (N-methyl/N-ethyl adjacent to an activating group) is 1. The second kappa shape index (κ2) is 4.93. The summed E-state index contributed by atoms with van der Waals surface area (Å²) in [6.07, 6.45) is 7.61. The van der Waals surface area contributed by atoms with Crippen LogP contribution in [0.5, 0.6) is 0 Å². The molecule has 0 spiro atoms. The zero-order valence-corrected chi connectivity index (χ0v) is 13.4. The molecule has 1 aliphatic heterocycles. The van der Waals surface area contributed by atoms with E-state index in [0.29, 0.717) is 6.54 Å². The quantitative estimate of drug-likeness (QED) is 0.684. The van der Waals surface area contributed by atoms with Crippen LogP contribution < -0.4 is 0 Å². The maximum atomic E-state index is 12.5. The normalized spacial score (nSPS) is 21.7. The molecule has 1 heterocycles. The molecule has 0 aromatic rings. The van der Waals surface area contributed by atoms with E-state index in [1.807, 2.05) is 20.8 Å². The average Bonchev–Trinajstić information content (AvgIpc) is 3.20. The van der Waals surface area contributed by atoms with Crippen LogP contribution in [0.3, 0.4) is 0 Å².